The smallest absolute Gasteiger partial charge is 0.150 e. The summed E-state index contributed by atoms with van der Waals surface area (Å²) in [7, 11) is 0. The van der Waals surface area contributed by atoms with E-state index < -0.39 is 0 Å². The fourth-order valence-corrected chi connectivity index (χ4v) is 4.95. The number of imidazole rings is 1. The summed E-state index contributed by atoms with van der Waals surface area (Å²) >= 11 is 1.69. The lowest BCUT2D eigenvalue weighted by atomic mass is 9.85. The van der Waals surface area contributed by atoms with Gasteiger partial charge in [0, 0.05) is 29.9 Å². The first-order chi connectivity index (χ1) is 15.2. The van der Waals surface area contributed by atoms with Crippen LogP contribution in [0.4, 0.5) is 5.82 Å². The van der Waals surface area contributed by atoms with Gasteiger partial charge in [0.25, 0.3) is 0 Å². The van der Waals surface area contributed by atoms with E-state index in [-0.39, 0.29) is 0 Å². The molecule has 0 amide bonds. The molecule has 31 heavy (non-hydrogen) atoms. The van der Waals surface area contributed by atoms with E-state index in [1.54, 1.807) is 17.5 Å². The van der Waals surface area contributed by atoms with Crippen LogP contribution in [0.3, 0.4) is 0 Å². The van der Waals surface area contributed by atoms with E-state index in [1.165, 1.54) is 24.0 Å². The number of aryl methyl sites for hydroxylation is 1. The second kappa shape index (κ2) is 7.06. The number of benzene rings is 2. The molecule has 0 saturated heterocycles. The highest BCUT2D eigenvalue weighted by Crippen LogP contribution is 2.39. The van der Waals surface area contributed by atoms with Crippen LogP contribution in [0, 0.1) is 6.92 Å². The van der Waals surface area contributed by atoms with Crippen LogP contribution >= 0.6 is 11.3 Å². The van der Waals surface area contributed by atoms with Crippen molar-refractivity contribution >= 4 is 32.9 Å². The number of rotatable bonds is 4. The van der Waals surface area contributed by atoms with E-state index in [4.69, 9.17) is 15.5 Å². The Morgan fingerprint density at radius 2 is 1.87 bits per heavy atom. The molecule has 0 unspecified atom stereocenters. The van der Waals surface area contributed by atoms with Gasteiger partial charge in [-0.3, -0.25) is 4.40 Å². The van der Waals surface area contributed by atoms with E-state index in [0.717, 1.165) is 44.6 Å². The molecule has 1 aliphatic rings. The SMILES string of the molecule is Cc1nc2cc(Oc3ccc(-c4nc(C5CCC5)n5ccnc(N)c45)cc3)ccc2s1. The lowest BCUT2D eigenvalue weighted by molar-refractivity contribution is 0.400. The van der Waals surface area contributed by atoms with Crippen molar-refractivity contribution in [2.45, 2.75) is 32.1 Å². The van der Waals surface area contributed by atoms with Crippen LogP contribution in [0.5, 0.6) is 11.5 Å². The van der Waals surface area contributed by atoms with Gasteiger partial charge < -0.3 is 10.5 Å². The van der Waals surface area contributed by atoms with Gasteiger partial charge in [0.1, 0.15) is 34.4 Å². The second-order valence-electron chi connectivity index (χ2n) is 7.97. The van der Waals surface area contributed by atoms with Crippen molar-refractivity contribution in [3.63, 3.8) is 0 Å². The fraction of sp³-hybridized carbons (Fsp3) is 0.208. The molecule has 7 heteroatoms. The third-order valence-electron chi connectivity index (χ3n) is 5.91. The number of thiazole rings is 1. The molecule has 0 bridgehead atoms. The van der Waals surface area contributed by atoms with Crippen molar-refractivity contribution in [2.24, 2.45) is 0 Å². The number of hydrogen-bond acceptors (Lipinski definition) is 6. The predicted octanol–water partition coefficient (Wildman–Crippen LogP) is 5.96. The highest BCUT2D eigenvalue weighted by atomic mass is 32.1. The van der Waals surface area contributed by atoms with Crippen molar-refractivity contribution in [3.8, 4) is 22.8 Å². The molecular formula is C24H21N5OS. The van der Waals surface area contributed by atoms with Gasteiger partial charge in [-0.1, -0.05) is 6.42 Å². The highest BCUT2D eigenvalue weighted by Gasteiger charge is 2.26. The molecule has 1 aliphatic carbocycles. The fourth-order valence-electron chi connectivity index (χ4n) is 4.15. The van der Waals surface area contributed by atoms with Crippen LogP contribution in [-0.4, -0.2) is 19.4 Å². The molecular weight excluding hydrogens is 406 g/mol. The standard InChI is InChI=1S/C24H21N5OS/c1-14-27-19-13-18(9-10-20(19)31-14)30-17-7-5-15(6-8-17)21-22-23(25)26-11-12-29(22)24(28-21)16-3-2-4-16/h5-13,16H,2-4H2,1H3,(H2,25,26). The maximum Gasteiger partial charge on any atom is 0.150 e. The molecule has 2 N–H and O–H groups in total. The summed E-state index contributed by atoms with van der Waals surface area (Å²) in [5.74, 6) is 3.62. The summed E-state index contributed by atoms with van der Waals surface area (Å²) in [4.78, 5) is 13.8. The molecule has 1 fully saturated rings. The van der Waals surface area contributed by atoms with Gasteiger partial charge >= 0.3 is 0 Å². The van der Waals surface area contributed by atoms with Gasteiger partial charge in [-0.2, -0.15) is 0 Å². The Morgan fingerprint density at radius 3 is 2.65 bits per heavy atom. The molecule has 5 aromatic rings. The minimum atomic E-state index is 0.495. The van der Waals surface area contributed by atoms with Gasteiger partial charge in [0.2, 0.25) is 0 Å². The quantitative estimate of drug-likeness (QED) is 0.383. The van der Waals surface area contributed by atoms with E-state index in [0.29, 0.717) is 11.7 Å². The first-order valence-electron chi connectivity index (χ1n) is 10.4. The van der Waals surface area contributed by atoms with Crippen molar-refractivity contribution in [1.29, 1.82) is 0 Å². The number of nitrogen functional groups attached to an aromatic ring is 1. The highest BCUT2D eigenvalue weighted by molar-refractivity contribution is 7.18. The third kappa shape index (κ3) is 3.13. The van der Waals surface area contributed by atoms with Crippen molar-refractivity contribution in [3.05, 3.63) is 65.7 Å². The lowest BCUT2D eigenvalue weighted by Crippen LogP contribution is -2.12. The van der Waals surface area contributed by atoms with Crippen LogP contribution in [-0.2, 0) is 0 Å². The van der Waals surface area contributed by atoms with Gasteiger partial charge in [0.15, 0.2) is 0 Å². The largest absolute Gasteiger partial charge is 0.457 e. The molecule has 6 nitrogen and oxygen atoms in total. The van der Waals surface area contributed by atoms with Crippen LogP contribution in [0.2, 0.25) is 0 Å². The average Bonchev–Trinajstić information content (AvgIpc) is 3.28. The number of nitrogens with two attached hydrogens (primary N) is 1. The monoisotopic (exact) mass is 427 g/mol. The Bertz CT molecular complexity index is 1420. The zero-order valence-corrected chi connectivity index (χ0v) is 17.9. The molecule has 3 aromatic heterocycles. The van der Waals surface area contributed by atoms with Gasteiger partial charge in [-0.15, -0.1) is 11.3 Å². The summed E-state index contributed by atoms with van der Waals surface area (Å²) < 4.78 is 9.34. The Kier molecular flexibility index (Phi) is 4.17. The molecule has 2 aromatic carbocycles. The summed E-state index contributed by atoms with van der Waals surface area (Å²) in [5, 5.41) is 1.05. The van der Waals surface area contributed by atoms with Gasteiger partial charge in [0.05, 0.1) is 15.2 Å². The molecule has 154 valence electrons. The minimum Gasteiger partial charge on any atom is -0.457 e. The Hall–Kier alpha value is -3.45. The maximum atomic E-state index is 6.24. The maximum absolute atomic E-state index is 6.24. The molecule has 6 rings (SSSR count). The summed E-state index contributed by atoms with van der Waals surface area (Å²) in [6.07, 6.45) is 7.32. The Balaban J connectivity index is 1.34. The number of fused-ring (bicyclic) bond motifs is 2. The van der Waals surface area contributed by atoms with Crippen LogP contribution in [0.1, 0.15) is 36.0 Å². The van der Waals surface area contributed by atoms with E-state index in [2.05, 4.69) is 20.4 Å². The van der Waals surface area contributed by atoms with Gasteiger partial charge in [-0.25, -0.2) is 15.0 Å². The third-order valence-corrected chi connectivity index (χ3v) is 6.86. The van der Waals surface area contributed by atoms with Crippen LogP contribution < -0.4 is 10.5 Å². The summed E-state index contributed by atoms with van der Waals surface area (Å²) in [5.41, 5.74) is 9.96. The normalized spacial score (nSPS) is 14.2. The molecule has 0 aliphatic heterocycles. The van der Waals surface area contributed by atoms with Crippen molar-refractivity contribution in [2.75, 3.05) is 5.73 Å². The Morgan fingerprint density at radius 1 is 1.06 bits per heavy atom. The predicted molar refractivity (Wildman–Crippen MR) is 124 cm³/mol. The van der Waals surface area contributed by atoms with E-state index >= 15 is 0 Å². The van der Waals surface area contributed by atoms with Crippen molar-refractivity contribution in [1.82, 2.24) is 19.4 Å². The number of anilines is 1. The molecule has 0 atom stereocenters. The van der Waals surface area contributed by atoms with Crippen LogP contribution in [0.25, 0.3) is 27.0 Å². The molecule has 0 spiro atoms. The van der Waals surface area contributed by atoms with Crippen molar-refractivity contribution < 1.29 is 4.74 Å². The van der Waals surface area contributed by atoms with Crippen LogP contribution in [0.15, 0.2) is 54.9 Å². The molecule has 3 heterocycles. The zero-order valence-electron chi connectivity index (χ0n) is 17.1. The summed E-state index contributed by atoms with van der Waals surface area (Å²) in [6, 6.07) is 14.0. The van der Waals surface area contributed by atoms with Gasteiger partial charge in [-0.05, 0) is 56.2 Å². The lowest BCUT2D eigenvalue weighted by Gasteiger charge is -2.23. The zero-order chi connectivity index (χ0) is 20.9. The number of aromatic nitrogens is 4. The second-order valence-corrected chi connectivity index (χ2v) is 9.20. The first kappa shape index (κ1) is 18.3. The Labute approximate surface area is 183 Å². The minimum absolute atomic E-state index is 0.495. The first-order valence-corrected chi connectivity index (χ1v) is 11.3. The molecule has 0 radical (unpaired) electrons. The van der Waals surface area contributed by atoms with E-state index in [9.17, 15) is 0 Å². The number of nitrogens with zero attached hydrogens (tertiary/aromatic N) is 4. The average molecular weight is 428 g/mol. The number of ether oxygens (including phenoxy) is 1. The van der Waals surface area contributed by atoms with E-state index in [1.807, 2.05) is 49.5 Å². The molecule has 1 saturated carbocycles. The number of hydrogen-bond donors (Lipinski definition) is 1. The summed E-state index contributed by atoms with van der Waals surface area (Å²) in [6.45, 7) is 2.02. The topological polar surface area (TPSA) is 78.3 Å².